The average molecular weight is 1760 g/mol. The molecule has 0 saturated heterocycles. The predicted octanol–water partition coefficient (Wildman–Crippen LogP) is 30.5. The highest BCUT2D eigenvalue weighted by Crippen LogP contribution is 2.49. The molecule has 0 atom stereocenters. The van der Waals surface area contributed by atoms with Crippen LogP contribution in [0.3, 0.4) is 0 Å². The second-order valence-electron chi connectivity index (χ2n) is 33.8. The van der Waals surface area contributed by atoms with Crippen molar-refractivity contribution in [2.75, 3.05) is 0 Å². The number of rotatable bonds is 11. The van der Waals surface area contributed by atoms with Crippen molar-refractivity contribution < 1.29 is 4.42 Å². The number of fused-ring (bicyclic) bond motifs is 21. The van der Waals surface area contributed by atoms with Crippen LogP contribution in [0.25, 0.3) is 240 Å². The lowest BCUT2D eigenvalue weighted by Crippen LogP contribution is -1.94. The minimum Gasteiger partial charge on any atom is -0.456 e. The first kappa shape index (κ1) is 77.4. The normalized spacial score (nSPS) is 12.1. The number of nitrogens with zero attached hydrogens (tertiary/aromatic N) is 11. The maximum Gasteiger partial charge on any atom is 0.160 e. The highest BCUT2D eigenvalue weighted by Gasteiger charge is 2.29. The molecular weight excluding hydrogens is 1680 g/mol. The highest BCUT2D eigenvalue weighted by molar-refractivity contribution is 7.27. The third-order valence-electron chi connectivity index (χ3n) is 26.0. The Bertz CT molecular complexity index is 9020. The fourth-order valence-electron chi connectivity index (χ4n) is 19.6. The Morgan fingerprint density at radius 1 is 0.203 bits per heavy atom. The summed E-state index contributed by atoms with van der Waals surface area (Å²) in [5.74, 6) is 1.48. The van der Waals surface area contributed by atoms with E-state index in [9.17, 15) is 0 Å². The Labute approximate surface area is 775 Å². The first-order valence-corrected chi connectivity index (χ1v) is 46.9. The molecule has 0 amide bonds. The van der Waals surface area contributed by atoms with Crippen LogP contribution >= 0.6 is 34.0 Å². The molecule has 28 rings (SSSR count). The van der Waals surface area contributed by atoms with Crippen LogP contribution < -0.4 is 0 Å². The third-order valence-corrected chi connectivity index (χ3v) is 29.5. The van der Waals surface area contributed by atoms with Crippen molar-refractivity contribution in [2.45, 2.75) is 19.3 Å². The van der Waals surface area contributed by atoms with E-state index in [-0.39, 0.29) is 0 Å². The predicted molar refractivity (Wildman–Crippen MR) is 546 cm³/mol. The zero-order valence-corrected chi connectivity index (χ0v) is 73.7. The van der Waals surface area contributed by atoms with Gasteiger partial charge in [-0.15, -0.1) is 34.0 Å². The molecule has 0 N–H and O–H groups in total. The van der Waals surface area contributed by atoms with E-state index < -0.39 is 0 Å². The number of hydrogen-bond donors (Lipinski definition) is 0. The molecule has 0 radical (unpaired) electrons. The minimum atomic E-state index is 0.738. The summed E-state index contributed by atoms with van der Waals surface area (Å²) in [6, 6.07) is 130. The van der Waals surface area contributed by atoms with Gasteiger partial charge in [-0.05, 0) is 134 Å². The Kier molecular flexibility index (Phi) is 18.8. The summed E-state index contributed by atoms with van der Waals surface area (Å²) in [4.78, 5) is 53.3. The molecule has 25 aromatic rings. The SMILES string of the molecule is c1ccc(-c2nc(-c3ccc(-c4ccc(-c5ncnc6c5Cc5ccccc5-6)cc4)cc3)c3sc4ccccc4c3n2)cc1.c1ccc(-c2nc(-c3cccc(-c4cccc(-c5cccc(-c6ncnc7c6Cc6ccccc6-7)c5)c4)c3)c3sc4ccccc4c3n2)cc1.c1ccc2c(c1)Cc1c(-c3ccc4oc5ccc(-c6cccc7c6sc6cccnc67)cc5c4c3)ncnc1-2. The largest absolute Gasteiger partial charge is 0.456 e. The summed E-state index contributed by atoms with van der Waals surface area (Å²) in [6.07, 6.45) is 9.51. The standard InChI is InChI=1S/C45H28N4S.C39H24N4S.C34H19N3OS/c1-2-11-28(12-3-1)45-48-41(44-43(49-45)37-21-6-7-22-39(37)50-44)35-19-10-17-32(25-35)30-15-8-14-29(23-30)31-16-9-18-34(24-31)40-38-26-33-13-4-5-20-36(33)42(38)47-27-46-40;1-2-8-28(9-3-1)39-42-35(38-37(43-39)31-12-6-7-13-33(31)44-38)27-20-16-25(17-21-27)24-14-18-26(19-15-24)34-32-22-29-10-4-5-11-30(29)36(32)41-23-40-34;1-2-6-22-19(5-1)16-27-31(36-18-37-32(22)27)21-11-13-29-26(17-21)25-15-20(10-12-28(25)38-29)23-7-3-8-24-33-30(39-34(23)24)9-4-14-35-33/h1-25,27H,26H2;1-21,23H,22H2;1-15,17-18H,16H2. The van der Waals surface area contributed by atoms with Gasteiger partial charge in [-0.2, -0.15) is 0 Å². The Morgan fingerprint density at radius 2 is 0.549 bits per heavy atom. The van der Waals surface area contributed by atoms with Crippen LogP contribution in [0.1, 0.15) is 33.4 Å². The van der Waals surface area contributed by atoms with Crippen molar-refractivity contribution in [1.29, 1.82) is 0 Å². The third kappa shape index (κ3) is 13.7. The lowest BCUT2D eigenvalue weighted by molar-refractivity contribution is 0.669. The highest BCUT2D eigenvalue weighted by atomic mass is 32.1. The van der Waals surface area contributed by atoms with E-state index in [2.05, 4.69) is 348 Å². The fourth-order valence-corrected chi connectivity index (χ4v) is 23.1. The van der Waals surface area contributed by atoms with Crippen molar-refractivity contribution >= 4 is 117 Å². The molecule has 0 fully saturated rings. The van der Waals surface area contributed by atoms with Crippen LogP contribution in [-0.2, 0) is 19.3 Å². The first-order valence-electron chi connectivity index (χ1n) is 44.4. The summed E-state index contributed by atoms with van der Waals surface area (Å²) in [7, 11) is 0. The van der Waals surface area contributed by atoms with Crippen LogP contribution in [0.4, 0.5) is 0 Å². The maximum atomic E-state index is 6.27. The molecule has 0 saturated carbocycles. The van der Waals surface area contributed by atoms with E-state index in [0.29, 0.717) is 0 Å². The number of thiophene rings is 3. The van der Waals surface area contributed by atoms with Crippen LogP contribution in [0.2, 0.25) is 0 Å². The summed E-state index contributed by atoms with van der Waals surface area (Å²) < 4.78 is 13.4. The molecule has 15 aromatic carbocycles. The molecule has 10 aromatic heterocycles. The fraction of sp³-hybridized carbons (Fsp3) is 0.0254. The Balaban J connectivity index is 0.000000105. The molecule has 3 aliphatic carbocycles. The van der Waals surface area contributed by atoms with E-state index in [0.717, 1.165) is 202 Å². The summed E-state index contributed by atoms with van der Waals surface area (Å²) >= 11 is 5.31. The summed E-state index contributed by atoms with van der Waals surface area (Å²) in [5.41, 5.74) is 40.9. The smallest absolute Gasteiger partial charge is 0.160 e. The number of benzene rings is 15. The van der Waals surface area contributed by atoms with Gasteiger partial charge in [-0.3, -0.25) is 4.98 Å². The molecular formula is C118H71N11OS3. The van der Waals surface area contributed by atoms with Gasteiger partial charge in [0.05, 0.1) is 76.2 Å². The van der Waals surface area contributed by atoms with Gasteiger partial charge in [0.2, 0.25) is 0 Å². The first-order chi connectivity index (χ1) is 65.9. The Hall–Kier alpha value is -16.7. The monoisotopic (exact) mass is 1750 g/mol. The molecule has 133 heavy (non-hydrogen) atoms. The van der Waals surface area contributed by atoms with Gasteiger partial charge in [0.1, 0.15) is 30.1 Å². The minimum absolute atomic E-state index is 0.738. The number of hydrogen-bond acceptors (Lipinski definition) is 15. The zero-order valence-electron chi connectivity index (χ0n) is 71.2. The zero-order chi connectivity index (χ0) is 87.6. The number of furan rings is 1. The molecule has 10 heterocycles. The van der Waals surface area contributed by atoms with Crippen LogP contribution in [-0.4, -0.2) is 54.8 Å². The lowest BCUT2D eigenvalue weighted by Gasteiger charge is -2.11. The molecule has 0 bridgehead atoms. The number of aromatic nitrogens is 11. The van der Waals surface area contributed by atoms with Crippen LogP contribution in [0, 0.1) is 0 Å². The molecule has 622 valence electrons. The van der Waals surface area contributed by atoms with Gasteiger partial charge in [0, 0.05) is 139 Å². The topological polar surface area (TPSA) is 155 Å². The lowest BCUT2D eigenvalue weighted by atomic mass is 9.95. The second-order valence-corrected chi connectivity index (χ2v) is 36.9. The van der Waals surface area contributed by atoms with Gasteiger partial charge in [0.25, 0.3) is 0 Å². The van der Waals surface area contributed by atoms with Gasteiger partial charge in [0.15, 0.2) is 11.6 Å². The Morgan fingerprint density at radius 3 is 1.06 bits per heavy atom. The quantitative estimate of drug-likeness (QED) is 0.121. The van der Waals surface area contributed by atoms with E-state index in [1.807, 2.05) is 48.7 Å². The van der Waals surface area contributed by atoms with Crippen molar-refractivity contribution in [2.24, 2.45) is 0 Å². The van der Waals surface area contributed by atoms with Crippen molar-refractivity contribution in [1.82, 2.24) is 54.8 Å². The van der Waals surface area contributed by atoms with E-state index in [1.165, 1.54) is 90.8 Å². The maximum absolute atomic E-state index is 6.27. The molecule has 3 aliphatic rings. The van der Waals surface area contributed by atoms with Crippen LogP contribution in [0.15, 0.2) is 400 Å². The summed E-state index contributed by atoms with van der Waals surface area (Å²) in [5, 5.41) is 5.73. The van der Waals surface area contributed by atoms with Crippen molar-refractivity contribution in [3.8, 4) is 157 Å². The van der Waals surface area contributed by atoms with Gasteiger partial charge >= 0.3 is 0 Å². The second kappa shape index (κ2) is 32.2. The van der Waals surface area contributed by atoms with E-state index in [4.69, 9.17) is 39.3 Å². The molecule has 15 heteroatoms. The average Bonchev–Trinajstić information content (AvgIpc) is 1.66. The van der Waals surface area contributed by atoms with Gasteiger partial charge in [-0.25, -0.2) is 49.8 Å². The van der Waals surface area contributed by atoms with Crippen molar-refractivity contribution in [3.63, 3.8) is 0 Å². The van der Waals surface area contributed by atoms with E-state index >= 15 is 0 Å². The number of pyridine rings is 1. The summed E-state index contributed by atoms with van der Waals surface area (Å²) in [6.45, 7) is 0. The van der Waals surface area contributed by atoms with Crippen molar-refractivity contribution in [3.05, 3.63) is 429 Å². The van der Waals surface area contributed by atoms with Gasteiger partial charge in [-0.1, -0.05) is 297 Å². The van der Waals surface area contributed by atoms with E-state index in [1.54, 1.807) is 53.0 Å². The molecule has 12 nitrogen and oxygen atoms in total. The molecule has 0 aliphatic heterocycles. The van der Waals surface area contributed by atoms with Crippen LogP contribution in [0.5, 0.6) is 0 Å². The van der Waals surface area contributed by atoms with Gasteiger partial charge < -0.3 is 4.42 Å². The molecule has 0 spiro atoms. The molecule has 0 unspecified atom stereocenters.